The molecule has 5 heteroatoms. The quantitative estimate of drug-likeness (QED) is 0.720. The standard InChI is InChI=1S/C14H13BrN4/c15-13-12(18-14-16-6-3-7-19(13)14)10-8-17-11-5-2-1-4-9(10)11/h1-2,4-5,8,17H,3,6-7H2,(H,16,18). The zero-order chi connectivity index (χ0) is 12.8. The van der Waals surface area contributed by atoms with Crippen LogP contribution in [0.3, 0.4) is 0 Å². The highest BCUT2D eigenvalue weighted by atomic mass is 79.9. The van der Waals surface area contributed by atoms with Gasteiger partial charge in [-0.2, -0.15) is 0 Å². The number of nitrogens with one attached hydrogen (secondary N) is 2. The van der Waals surface area contributed by atoms with Gasteiger partial charge in [0.15, 0.2) is 0 Å². The van der Waals surface area contributed by atoms with Crippen molar-refractivity contribution >= 4 is 32.8 Å². The molecule has 0 unspecified atom stereocenters. The summed E-state index contributed by atoms with van der Waals surface area (Å²) in [6, 6.07) is 8.31. The summed E-state index contributed by atoms with van der Waals surface area (Å²) >= 11 is 3.69. The van der Waals surface area contributed by atoms with Crippen molar-refractivity contribution < 1.29 is 0 Å². The van der Waals surface area contributed by atoms with Gasteiger partial charge in [0.1, 0.15) is 10.3 Å². The third kappa shape index (κ3) is 1.61. The lowest BCUT2D eigenvalue weighted by Crippen LogP contribution is -2.17. The lowest BCUT2D eigenvalue weighted by atomic mass is 10.1. The molecule has 0 bridgehead atoms. The van der Waals surface area contributed by atoms with E-state index in [2.05, 4.69) is 49.0 Å². The highest BCUT2D eigenvalue weighted by molar-refractivity contribution is 9.10. The first-order valence-electron chi connectivity index (χ1n) is 6.41. The number of para-hydroxylation sites is 1. The fraction of sp³-hybridized carbons (Fsp3) is 0.214. The molecular formula is C14H13BrN4. The number of rotatable bonds is 1. The smallest absolute Gasteiger partial charge is 0.204 e. The first kappa shape index (κ1) is 11.1. The van der Waals surface area contributed by atoms with Crippen LogP contribution in [0.25, 0.3) is 22.2 Å². The average Bonchev–Trinajstić information content (AvgIpc) is 3.01. The molecular weight excluding hydrogens is 304 g/mol. The number of hydrogen-bond donors (Lipinski definition) is 2. The van der Waals surface area contributed by atoms with Crippen molar-refractivity contribution in [1.82, 2.24) is 14.5 Å². The van der Waals surface area contributed by atoms with Gasteiger partial charge in [-0.15, -0.1) is 0 Å². The topological polar surface area (TPSA) is 45.6 Å². The highest BCUT2D eigenvalue weighted by Gasteiger charge is 2.20. The zero-order valence-corrected chi connectivity index (χ0v) is 11.9. The molecule has 4 rings (SSSR count). The van der Waals surface area contributed by atoms with Crippen LogP contribution in [-0.2, 0) is 6.54 Å². The van der Waals surface area contributed by atoms with Crippen LogP contribution < -0.4 is 5.32 Å². The molecule has 0 saturated heterocycles. The summed E-state index contributed by atoms with van der Waals surface area (Å²) in [4.78, 5) is 8.03. The SMILES string of the molecule is Brc1c(-c2c[nH]c3ccccc23)nc2n1CCCN2. The highest BCUT2D eigenvalue weighted by Crippen LogP contribution is 2.36. The largest absolute Gasteiger partial charge is 0.360 e. The minimum Gasteiger partial charge on any atom is -0.360 e. The van der Waals surface area contributed by atoms with Gasteiger partial charge < -0.3 is 14.9 Å². The van der Waals surface area contributed by atoms with Gasteiger partial charge in [0, 0.05) is 35.8 Å². The van der Waals surface area contributed by atoms with Crippen LogP contribution in [0.5, 0.6) is 0 Å². The van der Waals surface area contributed by atoms with Crippen molar-refractivity contribution in [1.29, 1.82) is 0 Å². The average molecular weight is 317 g/mol. The fourth-order valence-corrected chi connectivity index (χ4v) is 3.30. The minimum atomic E-state index is 0.957. The summed E-state index contributed by atoms with van der Waals surface area (Å²) in [5, 5.41) is 4.55. The van der Waals surface area contributed by atoms with Crippen LogP contribution in [0.2, 0.25) is 0 Å². The van der Waals surface area contributed by atoms with E-state index in [9.17, 15) is 0 Å². The molecule has 0 atom stereocenters. The number of hydrogen-bond acceptors (Lipinski definition) is 2. The van der Waals surface area contributed by atoms with Crippen molar-refractivity contribution in [3.05, 3.63) is 35.1 Å². The Morgan fingerprint density at radius 1 is 1.26 bits per heavy atom. The second-order valence-corrected chi connectivity index (χ2v) is 5.51. The molecule has 96 valence electrons. The van der Waals surface area contributed by atoms with Crippen LogP contribution in [-0.4, -0.2) is 21.1 Å². The van der Waals surface area contributed by atoms with Crippen LogP contribution in [0, 0.1) is 0 Å². The van der Waals surface area contributed by atoms with Gasteiger partial charge in [0.05, 0.1) is 0 Å². The van der Waals surface area contributed by atoms with E-state index in [0.717, 1.165) is 46.8 Å². The predicted octanol–water partition coefficient (Wildman–Crippen LogP) is 3.61. The van der Waals surface area contributed by atoms with E-state index >= 15 is 0 Å². The number of H-pyrrole nitrogens is 1. The van der Waals surface area contributed by atoms with Crippen LogP contribution in [0.1, 0.15) is 6.42 Å². The van der Waals surface area contributed by atoms with Crippen molar-refractivity contribution in [3.8, 4) is 11.3 Å². The molecule has 0 radical (unpaired) electrons. The second-order valence-electron chi connectivity index (χ2n) is 4.75. The lowest BCUT2D eigenvalue weighted by Gasteiger charge is -2.15. The van der Waals surface area contributed by atoms with E-state index < -0.39 is 0 Å². The maximum absolute atomic E-state index is 4.73. The Bertz CT molecular complexity index is 756. The van der Waals surface area contributed by atoms with Crippen molar-refractivity contribution in [3.63, 3.8) is 0 Å². The van der Waals surface area contributed by atoms with Gasteiger partial charge in [0.2, 0.25) is 5.95 Å². The third-order valence-electron chi connectivity index (χ3n) is 3.59. The molecule has 1 aromatic carbocycles. The molecule has 2 aromatic heterocycles. The molecule has 2 N–H and O–H groups in total. The van der Waals surface area contributed by atoms with Crippen LogP contribution in [0.15, 0.2) is 35.1 Å². The monoisotopic (exact) mass is 316 g/mol. The summed E-state index contributed by atoms with van der Waals surface area (Å²) < 4.78 is 3.25. The summed E-state index contributed by atoms with van der Waals surface area (Å²) in [6.45, 7) is 2.01. The number of fused-ring (bicyclic) bond motifs is 2. The minimum absolute atomic E-state index is 0.957. The molecule has 4 nitrogen and oxygen atoms in total. The predicted molar refractivity (Wildman–Crippen MR) is 80.3 cm³/mol. The van der Waals surface area contributed by atoms with Crippen LogP contribution >= 0.6 is 15.9 Å². The first-order valence-corrected chi connectivity index (χ1v) is 7.20. The summed E-state index contributed by atoms with van der Waals surface area (Å²) in [5.41, 5.74) is 3.29. The van der Waals surface area contributed by atoms with Gasteiger partial charge in [-0.05, 0) is 28.4 Å². The zero-order valence-electron chi connectivity index (χ0n) is 10.3. The Morgan fingerprint density at radius 2 is 2.16 bits per heavy atom. The van der Waals surface area contributed by atoms with Gasteiger partial charge >= 0.3 is 0 Å². The number of nitrogens with zero attached hydrogens (tertiary/aromatic N) is 2. The fourth-order valence-electron chi connectivity index (χ4n) is 2.65. The maximum Gasteiger partial charge on any atom is 0.204 e. The van der Waals surface area contributed by atoms with Gasteiger partial charge in [-0.25, -0.2) is 4.98 Å². The first-order chi connectivity index (χ1) is 9.34. The second kappa shape index (κ2) is 4.13. The summed E-state index contributed by atoms with van der Waals surface area (Å²) in [5.74, 6) is 0.957. The van der Waals surface area contributed by atoms with E-state index in [1.165, 1.54) is 5.39 Å². The molecule has 1 aliphatic heterocycles. The van der Waals surface area contributed by atoms with Gasteiger partial charge in [0.25, 0.3) is 0 Å². The molecule has 0 aliphatic carbocycles. The van der Waals surface area contributed by atoms with Gasteiger partial charge in [-0.1, -0.05) is 18.2 Å². The maximum atomic E-state index is 4.73. The van der Waals surface area contributed by atoms with Crippen molar-refractivity contribution in [2.75, 3.05) is 11.9 Å². The van der Waals surface area contributed by atoms with E-state index in [1.54, 1.807) is 0 Å². The lowest BCUT2D eigenvalue weighted by molar-refractivity contribution is 0.618. The molecule has 3 heterocycles. The Labute approximate surface area is 119 Å². The van der Waals surface area contributed by atoms with E-state index in [4.69, 9.17) is 4.98 Å². The number of aromatic nitrogens is 3. The van der Waals surface area contributed by atoms with E-state index in [1.807, 2.05) is 12.3 Å². The van der Waals surface area contributed by atoms with Crippen molar-refractivity contribution in [2.45, 2.75) is 13.0 Å². The number of benzene rings is 1. The molecule has 19 heavy (non-hydrogen) atoms. The molecule has 0 fully saturated rings. The summed E-state index contributed by atoms with van der Waals surface area (Å²) in [7, 11) is 0. The Balaban J connectivity index is 1.95. The number of anilines is 1. The third-order valence-corrected chi connectivity index (χ3v) is 4.40. The molecule has 1 aliphatic rings. The molecule has 0 spiro atoms. The number of aromatic amines is 1. The molecule has 0 saturated carbocycles. The number of halogens is 1. The summed E-state index contributed by atoms with van der Waals surface area (Å²) in [6.07, 6.45) is 3.17. The Kier molecular flexibility index (Phi) is 2.41. The molecule has 0 amide bonds. The van der Waals surface area contributed by atoms with E-state index in [-0.39, 0.29) is 0 Å². The molecule has 3 aromatic rings. The Morgan fingerprint density at radius 3 is 3.05 bits per heavy atom. The number of imidazole rings is 1. The normalized spacial score (nSPS) is 14.4. The van der Waals surface area contributed by atoms with Gasteiger partial charge in [-0.3, -0.25) is 0 Å². The van der Waals surface area contributed by atoms with Crippen molar-refractivity contribution in [2.24, 2.45) is 0 Å². The van der Waals surface area contributed by atoms with Crippen LogP contribution in [0.4, 0.5) is 5.95 Å². The van der Waals surface area contributed by atoms with E-state index in [0.29, 0.717) is 0 Å². The Hall–Kier alpha value is -1.75.